The molecule has 0 unspecified atom stereocenters. The maximum Gasteiger partial charge on any atom is 0.141 e. The monoisotopic (exact) mass is 302 g/mol. The SMILES string of the molecule is Cc1ncc(CO)c(CN2CCC(c3ccn[nH]3)CC2)c1O. The van der Waals surface area contributed by atoms with Gasteiger partial charge in [0.25, 0.3) is 0 Å². The fourth-order valence-electron chi connectivity index (χ4n) is 3.12. The number of aliphatic hydroxyl groups is 1. The highest BCUT2D eigenvalue weighted by atomic mass is 16.3. The van der Waals surface area contributed by atoms with Crippen LogP contribution in [-0.4, -0.2) is 43.4 Å². The van der Waals surface area contributed by atoms with Crippen molar-refractivity contribution >= 4 is 0 Å². The molecule has 0 aliphatic carbocycles. The third kappa shape index (κ3) is 2.98. The molecule has 6 nitrogen and oxygen atoms in total. The largest absolute Gasteiger partial charge is 0.506 e. The van der Waals surface area contributed by atoms with Crippen molar-refractivity contribution < 1.29 is 10.2 Å². The summed E-state index contributed by atoms with van der Waals surface area (Å²) in [5, 5.41) is 26.8. The summed E-state index contributed by atoms with van der Waals surface area (Å²) in [5.41, 5.74) is 3.33. The Balaban J connectivity index is 1.67. The van der Waals surface area contributed by atoms with E-state index in [4.69, 9.17) is 0 Å². The smallest absolute Gasteiger partial charge is 0.141 e. The van der Waals surface area contributed by atoms with E-state index in [1.807, 2.05) is 6.07 Å². The van der Waals surface area contributed by atoms with Gasteiger partial charge in [-0.1, -0.05) is 0 Å². The number of aromatic nitrogens is 3. The standard InChI is InChI=1S/C16H22N4O2/c1-11-16(22)14(13(10-21)8-17-11)9-20-6-3-12(4-7-20)15-2-5-18-19-15/h2,5,8,12,21-22H,3-4,6-7,9-10H2,1H3,(H,18,19). The number of nitrogens with zero attached hydrogens (tertiary/aromatic N) is 3. The summed E-state index contributed by atoms with van der Waals surface area (Å²) < 4.78 is 0. The highest BCUT2D eigenvalue weighted by Gasteiger charge is 2.23. The molecule has 0 radical (unpaired) electrons. The fourth-order valence-corrected chi connectivity index (χ4v) is 3.12. The number of piperidine rings is 1. The second-order valence-electron chi connectivity index (χ2n) is 5.92. The van der Waals surface area contributed by atoms with Crippen LogP contribution in [0.25, 0.3) is 0 Å². The summed E-state index contributed by atoms with van der Waals surface area (Å²) in [6, 6.07) is 2.04. The molecule has 1 saturated heterocycles. The van der Waals surface area contributed by atoms with E-state index in [-0.39, 0.29) is 12.4 Å². The van der Waals surface area contributed by atoms with Gasteiger partial charge in [-0.15, -0.1) is 0 Å². The summed E-state index contributed by atoms with van der Waals surface area (Å²) in [4.78, 5) is 6.43. The summed E-state index contributed by atoms with van der Waals surface area (Å²) in [5.74, 6) is 0.742. The number of aromatic amines is 1. The molecule has 1 aliphatic rings. The van der Waals surface area contributed by atoms with Gasteiger partial charge in [0.2, 0.25) is 0 Å². The van der Waals surface area contributed by atoms with Gasteiger partial charge >= 0.3 is 0 Å². The Labute approximate surface area is 129 Å². The van der Waals surface area contributed by atoms with Gasteiger partial charge in [0.05, 0.1) is 12.3 Å². The minimum Gasteiger partial charge on any atom is -0.506 e. The van der Waals surface area contributed by atoms with Crippen LogP contribution in [0.15, 0.2) is 18.5 Å². The van der Waals surface area contributed by atoms with Crippen LogP contribution < -0.4 is 0 Å². The van der Waals surface area contributed by atoms with Gasteiger partial charge in [-0.3, -0.25) is 15.0 Å². The zero-order valence-corrected chi connectivity index (χ0v) is 12.8. The lowest BCUT2D eigenvalue weighted by atomic mass is 9.93. The second-order valence-corrected chi connectivity index (χ2v) is 5.92. The molecule has 22 heavy (non-hydrogen) atoms. The van der Waals surface area contributed by atoms with Crippen LogP contribution in [0.3, 0.4) is 0 Å². The predicted molar refractivity (Wildman–Crippen MR) is 82.4 cm³/mol. The molecule has 3 rings (SSSR count). The number of nitrogens with one attached hydrogen (secondary N) is 1. The van der Waals surface area contributed by atoms with E-state index >= 15 is 0 Å². The van der Waals surface area contributed by atoms with Crippen molar-refractivity contribution in [1.82, 2.24) is 20.1 Å². The molecule has 118 valence electrons. The molecule has 6 heteroatoms. The molecule has 0 amide bonds. The highest BCUT2D eigenvalue weighted by Crippen LogP contribution is 2.30. The lowest BCUT2D eigenvalue weighted by Crippen LogP contribution is -2.33. The Hall–Kier alpha value is -1.92. The second kappa shape index (κ2) is 6.46. The average molecular weight is 302 g/mol. The maximum atomic E-state index is 10.2. The normalized spacial score (nSPS) is 17.0. The molecule has 3 heterocycles. The molecule has 0 aromatic carbocycles. The first-order chi connectivity index (χ1) is 10.7. The molecule has 0 bridgehead atoms. The van der Waals surface area contributed by atoms with Gasteiger partial charge in [0.1, 0.15) is 5.75 Å². The maximum absolute atomic E-state index is 10.2. The number of aliphatic hydroxyl groups excluding tert-OH is 1. The van der Waals surface area contributed by atoms with Crippen molar-refractivity contribution in [2.24, 2.45) is 0 Å². The number of rotatable bonds is 4. The summed E-state index contributed by atoms with van der Waals surface area (Å²) in [6.45, 7) is 4.27. The summed E-state index contributed by atoms with van der Waals surface area (Å²) in [6.07, 6.45) is 5.59. The van der Waals surface area contributed by atoms with Crippen molar-refractivity contribution in [3.63, 3.8) is 0 Å². The zero-order valence-electron chi connectivity index (χ0n) is 12.8. The average Bonchev–Trinajstić information content (AvgIpc) is 3.07. The van der Waals surface area contributed by atoms with E-state index < -0.39 is 0 Å². The van der Waals surface area contributed by atoms with Crippen LogP contribution in [0.2, 0.25) is 0 Å². The Kier molecular flexibility index (Phi) is 4.40. The lowest BCUT2D eigenvalue weighted by Gasteiger charge is -2.32. The van der Waals surface area contributed by atoms with Crippen molar-refractivity contribution in [2.75, 3.05) is 13.1 Å². The van der Waals surface area contributed by atoms with E-state index in [0.717, 1.165) is 31.5 Å². The molecule has 2 aromatic rings. The summed E-state index contributed by atoms with van der Waals surface area (Å²) in [7, 11) is 0. The van der Waals surface area contributed by atoms with Crippen LogP contribution in [0.4, 0.5) is 0 Å². The molecule has 2 aromatic heterocycles. The summed E-state index contributed by atoms with van der Waals surface area (Å²) >= 11 is 0. The number of aromatic hydroxyl groups is 1. The van der Waals surface area contributed by atoms with Crippen LogP contribution in [0.5, 0.6) is 5.75 Å². The third-order valence-corrected chi connectivity index (χ3v) is 4.53. The molecule has 1 fully saturated rings. The Morgan fingerprint density at radius 3 is 2.77 bits per heavy atom. The van der Waals surface area contributed by atoms with Crippen LogP contribution >= 0.6 is 0 Å². The molecule has 0 atom stereocenters. The first-order valence-corrected chi connectivity index (χ1v) is 7.68. The third-order valence-electron chi connectivity index (χ3n) is 4.53. The number of likely N-dealkylation sites (tertiary alicyclic amines) is 1. The van der Waals surface area contributed by atoms with Crippen LogP contribution in [0, 0.1) is 6.92 Å². The topological polar surface area (TPSA) is 85.3 Å². The highest BCUT2D eigenvalue weighted by molar-refractivity contribution is 5.40. The van der Waals surface area contributed by atoms with Crippen molar-refractivity contribution in [2.45, 2.75) is 38.8 Å². The Morgan fingerprint density at radius 1 is 1.36 bits per heavy atom. The molecular weight excluding hydrogens is 280 g/mol. The van der Waals surface area contributed by atoms with E-state index in [2.05, 4.69) is 20.1 Å². The molecule has 3 N–H and O–H groups in total. The molecule has 0 saturated carbocycles. The van der Waals surface area contributed by atoms with Crippen molar-refractivity contribution in [3.8, 4) is 5.75 Å². The van der Waals surface area contributed by atoms with Gasteiger partial charge < -0.3 is 10.2 Å². The lowest BCUT2D eigenvalue weighted by molar-refractivity contribution is 0.198. The Morgan fingerprint density at radius 2 is 2.14 bits per heavy atom. The number of hydrogen-bond acceptors (Lipinski definition) is 5. The van der Waals surface area contributed by atoms with Gasteiger partial charge in [0, 0.05) is 41.7 Å². The number of aryl methyl sites for hydroxylation is 1. The fraction of sp³-hybridized carbons (Fsp3) is 0.500. The van der Waals surface area contributed by atoms with E-state index in [1.54, 1.807) is 19.3 Å². The zero-order chi connectivity index (χ0) is 15.5. The van der Waals surface area contributed by atoms with Crippen LogP contribution in [-0.2, 0) is 13.2 Å². The van der Waals surface area contributed by atoms with E-state index in [1.165, 1.54) is 5.69 Å². The molecule has 1 aliphatic heterocycles. The first-order valence-electron chi connectivity index (χ1n) is 7.68. The van der Waals surface area contributed by atoms with E-state index in [9.17, 15) is 10.2 Å². The van der Waals surface area contributed by atoms with Gasteiger partial charge in [-0.05, 0) is 38.9 Å². The van der Waals surface area contributed by atoms with Crippen molar-refractivity contribution in [3.05, 3.63) is 41.0 Å². The van der Waals surface area contributed by atoms with Crippen molar-refractivity contribution in [1.29, 1.82) is 0 Å². The minimum absolute atomic E-state index is 0.0964. The quantitative estimate of drug-likeness (QED) is 0.800. The van der Waals surface area contributed by atoms with Crippen LogP contribution in [0.1, 0.15) is 41.3 Å². The molecular formula is C16H22N4O2. The first kappa shape index (κ1) is 15.0. The predicted octanol–water partition coefficient (Wildman–Crippen LogP) is 1.69. The number of H-pyrrole nitrogens is 1. The minimum atomic E-state index is -0.0964. The van der Waals surface area contributed by atoms with Gasteiger partial charge in [0.15, 0.2) is 0 Å². The molecule has 0 spiro atoms. The van der Waals surface area contributed by atoms with Gasteiger partial charge in [-0.25, -0.2) is 0 Å². The number of hydrogen-bond donors (Lipinski definition) is 3. The number of pyridine rings is 1. The Bertz CT molecular complexity index is 619. The van der Waals surface area contributed by atoms with Gasteiger partial charge in [-0.2, -0.15) is 5.10 Å². The van der Waals surface area contributed by atoms with E-state index in [0.29, 0.717) is 23.7 Å².